The number of benzene rings is 1. The summed E-state index contributed by atoms with van der Waals surface area (Å²) in [6.45, 7) is 1.52. The van der Waals surface area contributed by atoms with Crippen LogP contribution >= 0.6 is 0 Å². The van der Waals surface area contributed by atoms with E-state index in [9.17, 15) is 18.7 Å². The van der Waals surface area contributed by atoms with Gasteiger partial charge in [-0.2, -0.15) is 5.10 Å². The average molecular weight is 427 g/mol. The number of aliphatic hydroxyl groups excluding tert-OH is 1. The molecular formula is C21H19F2N5O3. The van der Waals surface area contributed by atoms with E-state index in [1.54, 1.807) is 12.3 Å². The molecular weight excluding hydrogens is 408 g/mol. The highest BCUT2D eigenvalue weighted by Crippen LogP contribution is 2.31. The molecule has 160 valence electrons. The predicted molar refractivity (Wildman–Crippen MR) is 107 cm³/mol. The van der Waals surface area contributed by atoms with E-state index in [4.69, 9.17) is 4.74 Å². The Hall–Kier alpha value is -3.37. The van der Waals surface area contributed by atoms with Crippen LogP contribution in [0.3, 0.4) is 0 Å². The second kappa shape index (κ2) is 7.71. The van der Waals surface area contributed by atoms with Gasteiger partial charge in [-0.1, -0.05) is 6.07 Å². The van der Waals surface area contributed by atoms with Crippen LogP contribution in [0, 0.1) is 11.6 Å². The monoisotopic (exact) mass is 427 g/mol. The van der Waals surface area contributed by atoms with Crippen molar-refractivity contribution in [2.24, 2.45) is 0 Å². The molecule has 5 rings (SSSR count). The number of fused-ring (bicyclic) bond motifs is 1. The minimum Gasteiger partial charge on any atom is -0.394 e. The maximum atomic E-state index is 14.4. The molecule has 0 bridgehead atoms. The van der Waals surface area contributed by atoms with Gasteiger partial charge in [0.05, 0.1) is 60.6 Å². The summed E-state index contributed by atoms with van der Waals surface area (Å²) in [5, 5.41) is 16.9. The number of hydrogen-bond donors (Lipinski definition) is 2. The second-order valence-electron chi connectivity index (χ2n) is 7.35. The Labute approximate surface area is 176 Å². The summed E-state index contributed by atoms with van der Waals surface area (Å²) in [4.78, 5) is 18.7. The molecule has 1 saturated heterocycles. The first-order valence-electron chi connectivity index (χ1n) is 9.84. The van der Waals surface area contributed by atoms with Crippen LogP contribution in [0.2, 0.25) is 0 Å². The maximum absolute atomic E-state index is 14.4. The summed E-state index contributed by atoms with van der Waals surface area (Å²) < 4.78 is 35.7. The van der Waals surface area contributed by atoms with Crippen molar-refractivity contribution < 1.29 is 23.4 Å². The summed E-state index contributed by atoms with van der Waals surface area (Å²) in [7, 11) is 0. The van der Waals surface area contributed by atoms with Crippen molar-refractivity contribution in [1.29, 1.82) is 0 Å². The van der Waals surface area contributed by atoms with Gasteiger partial charge < -0.3 is 20.1 Å². The van der Waals surface area contributed by atoms with Crippen molar-refractivity contribution in [2.45, 2.75) is 12.6 Å². The number of rotatable bonds is 4. The third-order valence-corrected chi connectivity index (χ3v) is 5.49. The summed E-state index contributed by atoms with van der Waals surface area (Å²) in [5.74, 6) is -1.20. The number of aromatic nitrogens is 3. The van der Waals surface area contributed by atoms with E-state index in [-0.39, 0.29) is 36.4 Å². The summed E-state index contributed by atoms with van der Waals surface area (Å²) in [6.07, 6.45) is 1.67. The molecule has 10 heteroatoms. The standard InChI is InChI=1S/C21H19F2N5O3/c22-13-2-1-3-14(23)19(13)15-8-17(20-16(25-15)9-24-21(20)30)28-5-4-18(26-28)27-6-7-31-11-12(27)10-29/h1-5,8,12,29H,6-7,9-11H2,(H,24,30)/t12-/m0/s1. The number of carbonyl (C=O) groups is 1. The smallest absolute Gasteiger partial charge is 0.255 e. The normalized spacial score (nSPS) is 18.2. The van der Waals surface area contributed by atoms with Crippen LogP contribution in [0.5, 0.6) is 0 Å². The lowest BCUT2D eigenvalue weighted by Crippen LogP contribution is -2.47. The summed E-state index contributed by atoms with van der Waals surface area (Å²) in [5.41, 5.74) is 0.912. The molecule has 0 saturated carbocycles. The largest absolute Gasteiger partial charge is 0.394 e. The predicted octanol–water partition coefficient (Wildman–Crippen LogP) is 1.65. The molecule has 0 spiro atoms. The molecule has 2 N–H and O–H groups in total. The van der Waals surface area contributed by atoms with E-state index in [1.165, 1.54) is 16.8 Å². The number of morpholine rings is 1. The number of anilines is 1. The lowest BCUT2D eigenvalue weighted by Gasteiger charge is -2.34. The Balaban J connectivity index is 1.62. The lowest BCUT2D eigenvalue weighted by molar-refractivity contribution is 0.0722. The number of aliphatic hydroxyl groups is 1. The average Bonchev–Trinajstić information content (AvgIpc) is 3.41. The Morgan fingerprint density at radius 3 is 2.81 bits per heavy atom. The molecule has 2 aliphatic rings. The van der Waals surface area contributed by atoms with E-state index in [0.717, 1.165) is 12.1 Å². The van der Waals surface area contributed by atoms with Gasteiger partial charge in [0.15, 0.2) is 5.82 Å². The zero-order chi connectivity index (χ0) is 21.5. The molecule has 2 aromatic heterocycles. The highest BCUT2D eigenvalue weighted by Gasteiger charge is 2.29. The van der Waals surface area contributed by atoms with E-state index in [0.29, 0.717) is 42.5 Å². The molecule has 8 nitrogen and oxygen atoms in total. The van der Waals surface area contributed by atoms with Gasteiger partial charge in [-0.25, -0.2) is 18.4 Å². The second-order valence-corrected chi connectivity index (χ2v) is 7.35. The Morgan fingerprint density at radius 2 is 2.03 bits per heavy atom. The van der Waals surface area contributed by atoms with Gasteiger partial charge in [0, 0.05) is 18.8 Å². The van der Waals surface area contributed by atoms with Crippen molar-refractivity contribution >= 4 is 11.7 Å². The van der Waals surface area contributed by atoms with Crippen LogP contribution in [-0.4, -0.2) is 58.2 Å². The van der Waals surface area contributed by atoms with Crippen molar-refractivity contribution in [3.05, 3.63) is 59.4 Å². The van der Waals surface area contributed by atoms with Gasteiger partial charge in [0.1, 0.15) is 11.6 Å². The molecule has 0 aliphatic carbocycles. The quantitative estimate of drug-likeness (QED) is 0.658. The number of hydrogen-bond acceptors (Lipinski definition) is 6. The Kier molecular flexibility index (Phi) is 4.87. The molecule has 1 amide bonds. The third kappa shape index (κ3) is 3.33. The number of amides is 1. The summed E-state index contributed by atoms with van der Waals surface area (Å²) in [6, 6.07) is 6.60. The maximum Gasteiger partial charge on any atom is 0.255 e. The van der Waals surface area contributed by atoms with Crippen LogP contribution in [0.15, 0.2) is 36.5 Å². The van der Waals surface area contributed by atoms with E-state index >= 15 is 0 Å². The van der Waals surface area contributed by atoms with Crippen LogP contribution < -0.4 is 10.2 Å². The molecule has 1 fully saturated rings. The van der Waals surface area contributed by atoms with Gasteiger partial charge in [0.2, 0.25) is 0 Å². The van der Waals surface area contributed by atoms with Crippen molar-refractivity contribution in [3.63, 3.8) is 0 Å². The number of nitrogens with one attached hydrogen (secondary N) is 1. The van der Waals surface area contributed by atoms with Crippen LogP contribution in [0.4, 0.5) is 14.6 Å². The third-order valence-electron chi connectivity index (χ3n) is 5.49. The van der Waals surface area contributed by atoms with Gasteiger partial charge in [-0.15, -0.1) is 0 Å². The fourth-order valence-corrected chi connectivity index (χ4v) is 3.97. The van der Waals surface area contributed by atoms with Gasteiger partial charge in [-0.05, 0) is 18.2 Å². The molecule has 4 heterocycles. The van der Waals surface area contributed by atoms with Gasteiger partial charge in [-0.3, -0.25) is 4.79 Å². The van der Waals surface area contributed by atoms with Crippen LogP contribution in [0.1, 0.15) is 16.1 Å². The molecule has 0 radical (unpaired) electrons. The molecule has 3 aromatic rings. The number of ether oxygens (including phenoxy) is 1. The number of carbonyl (C=O) groups excluding carboxylic acids is 1. The van der Waals surface area contributed by atoms with E-state index in [1.807, 2.05) is 4.90 Å². The number of pyridine rings is 1. The zero-order valence-electron chi connectivity index (χ0n) is 16.4. The first-order chi connectivity index (χ1) is 15.1. The first kappa shape index (κ1) is 19.6. The molecule has 0 unspecified atom stereocenters. The van der Waals surface area contributed by atoms with Crippen LogP contribution in [0.25, 0.3) is 16.9 Å². The van der Waals surface area contributed by atoms with E-state index in [2.05, 4.69) is 15.4 Å². The number of nitrogens with zero attached hydrogens (tertiary/aromatic N) is 4. The van der Waals surface area contributed by atoms with Crippen LogP contribution in [-0.2, 0) is 11.3 Å². The minimum atomic E-state index is -0.740. The van der Waals surface area contributed by atoms with Crippen molar-refractivity contribution in [1.82, 2.24) is 20.1 Å². The minimum absolute atomic E-state index is 0.0810. The first-order valence-corrected chi connectivity index (χ1v) is 9.84. The highest BCUT2D eigenvalue weighted by atomic mass is 19.1. The highest BCUT2D eigenvalue weighted by molar-refractivity contribution is 6.01. The molecule has 1 atom stereocenters. The fraction of sp³-hybridized carbons (Fsp3) is 0.286. The fourth-order valence-electron chi connectivity index (χ4n) is 3.97. The Morgan fingerprint density at radius 1 is 1.23 bits per heavy atom. The van der Waals surface area contributed by atoms with Crippen molar-refractivity contribution in [2.75, 3.05) is 31.3 Å². The zero-order valence-corrected chi connectivity index (χ0v) is 16.4. The van der Waals surface area contributed by atoms with Gasteiger partial charge in [0.25, 0.3) is 5.91 Å². The Bertz CT molecular complexity index is 1150. The van der Waals surface area contributed by atoms with Crippen molar-refractivity contribution in [3.8, 4) is 16.9 Å². The number of halogens is 2. The lowest BCUT2D eigenvalue weighted by atomic mass is 10.1. The molecule has 2 aliphatic heterocycles. The van der Waals surface area contributed by atoms with Gasteiger partial charge >= 0.3 is 0 Å². The SMILES string of the molecule is O=C1NCc2nc(-c3c(F)cccc3F)cc(-n3ccc(N4CCOC[C@@H]4CO)n3)c21. The van der Waals surface area contributed by atoms with E-state index < -0.39 is 11.6 Å². The molecule has 31 heavy (non-hydrogen) atoms. The topological polar surface area (TPSA) is 92.5 Å². The summed E-state index contributed by atoms with van der Waals surface area (Å²) >= 11 is 0. The molecule has 1 aromatic carbocycles.